The molecule has 0 N–H and O–H groups in total. The summed E-state index contributed by atoms with van der Waals surface area (Å²) >= 11 is 4.74. The van der Waals surface area contributed by atoms with Gasteiger partial charge in [0.2, 0.25) is 5.24 Å². The van der Waals surface area contributed by atoms with Crippen LogP contribution in [0.4, 0.5) is 4.39 Å². The van der Waals surface area contributed by atoms with Crippen molar-refractivity contribution < 1.29 is 19.0 Å². The smallest absolute Gasteiger partial charge is 0.281 e. The molecule has 0 rings (SSSR count). The summed E-state index contributed by atoms with van der Waals surface area (Å²) in [6, 6.07) is 0. The minimum absolute atomic E-state index is 0.764. The zero-order valence-corrected chi connectivity index (χ0v) is 6.86. The molecule has 0 aromatic rings. The third-order valence-electron chi connectivity index (χ3n) is 1.20. The minimum Gasteiger partial charge on any atom is -0.281 e. The van der Waals surface area contributed by atoms with Crippen LogP contribution in [0, 0.1) is 20.2 Å². The van der Waals surface area contributed by atoms with Gasteiger partial charge in [0.25, 0.3) is 0 Å². The number of hydrogen-bond acceptors (Lipinski definition) is 5. The van der Waals surface area contributed by atoms with Crippen LogP contribution in [0.25, 0.3) is 0 Å². The maximum absolute atomic E-state index is 12.8. The van der Waals surface area contributed by atoms with Gasteiger partial charge in [0, 0.05) is 6.42 Å². The summed E-state index contributed by atoms with van der Waals surface area (Å²) in [6.07, 6.45) is -1.94. The van der Waals surface area contributed by atoms with Gasteiger partial charge >= 0.3 is 5.92 Å². The fraction of sp³-hybridized carbons (Fsp3) is 0.750. The molecule has 0 bridgehead atoms. The lowest BCUT2D eigenvalue weighted by molar-refractivity contribution is -0.832. The van der Waals surface area contributed by atoms with Gasteiger partial charge in [-0.2, -0.15) is 0 Å². The molecule has 0 saturated carbocycles. The van der Waals surface area contributed by atoms with E-state index in [0.717, 1.165) is 0 Å². The number of alkyl halides is 1. The highest BCUT2D eigenvalue weighted by atomic mass is 35.5. The molecule has 0 aliphatic rings. The van der Waals surface area contributed by atoms with E-state index < -0.39 is 33.8 Å². The summed E-state index contributed by atoms with van der Waals surface area (Å²) in [7, 11) is 0. The Morgan fingerprint density at radius 2 is 1.77 bits per heavy atom. The molecule has 0 amide bonds. The van der Waals surface area contributed by atoms with Crippen LogP contribution in [0.2, 0.25) is 0 Å². The third-order valence-corrected chi connectivity index (χ3v) is 1.39. The van der Waals surface area contributed by atoms with Crippen molar-refractivity contribution in [3.8, 4) is 0 Å². The lowest BCUT2D eigenvalue weighted by Crippen LogP contribution is -2.41. The lowest BCUT2D eigenvalue weighted by atomic mass is 10.2. The predicted octanol–water partition coefficient (Wildman–Crippen LogP) is 0.709. The summed E-state index contributed by atoms with van der Waals surface area (Å²) in [6.45, 7) is 0. The second-order valence-corrected chi connectivity index (χ2v) is 2.51. The Morgan fingerprint density at radius 3 is 2.00 bits per heavy atom. The molecule has 0 heterocycles. The van der Waals surface area contributed by atoms with Gasteiger partial charge in [-0.3, -0.25) is 25.0 Å². The van der Waals surface area contributed by atoms with Crippen molar-refractivity contribution in [3.05, 3.63) is 20.2 Å². The number of carbonyl (C=O) groups excluding carboxylic acids is 1. The third kappa shape index (κ3) is 2.90. The summed E-state index contributed by atoms with van der Waals surface area (Å²) < 4.78 is 12.8. The van der Waals surface area contributed by atoms with Gasteiger partial charge in [-0.25, -0.2) is 0 Å². The van der Waals surface area contributed by atoms with Crippen molar-refractivity contribution in [2.75, 3.05) is 0 Å². The van der Waals surface area contributed by atoms with E-state index in [1.54, 1.807) is 0 Å². The van der Waals surface area contributed by atoms with Crippen LogP contribution in [0.15, 0.2) is 0 Å². The van der Waals surface area contributed by atoms with Crippen LogP contribution < -0.4 is 0 Å². The van der Waals surface area contributed by atoms with Crippen molar-refractivity contribution in [2.45, 2.75) is 18.8 Å². The van der Waals surface area contributed by atoms with Gasteiger partial charge in [-0.05, 0) is 11.6 Å². The fourth-order valence-electron chi connectivity index (χ4n) is 0.507. The maximum Gasteiger partial charge on any atom is 0.614 e. The van der Waals surface area contributed by atoms with Gasteiger partial charge in [-0.15, -0.1) is 0 Å². The molecule has 7 nitrogen and oxygen atoms in total. The average Bonchev–Trinajstić information content (AvgIpc) is 1.99. The number of carbonyl (C=O) groups is 1. The molecule has 0 atom stereocenters. The Morgan fingerprint density at radius 1 is 1.38 bits per heavy atom. The highest BCUT2D eigenvalue weighted by molar-refractivity contribution is 6.63. The highest BCUT2D eigenvalue weighted by Crippen LogP contribution is 2.20. The van der Waals surface area contributed by atoms with E-state index in [1.165, 1.54) is 0 Å². The van der Waals surface area contributed by atoms with Gasteiger partial charge in [0.1, 0.15) is 16.3 Å². The maximum atomic E-state index is 12.8. The number of nitrogens with zero attached hydrogens (tertiary/aromatic N) is 2. The topological polar surface area (TPSA) is 103 Å². The molecule has 74 valence electrons. The SMILES string of the molecule is O=C(Cl)CCC(F)([N+](=O)[O-])[N+](=O)[O-]. The fourth-order valence-corrected chi connectivity index (χ4v) is 0.601. The van der Waals surface area contributed by atoms with Crippen molar-refractivity contribution in [1.82, 2.24) is 0 Å². The van der Waals surface area contributed by atoms with Gasteiger partial charge < -0.3 is 0 Å². The Labute approximate surface area is 75.8 Å². The lowest BCUT2D eigenvalue weighted by Gasteiger charge is -2.05. The molecule has 0 aliphatic heterocycles. The standard InChI is InChI=1S/C4H4ClFN2O5/c5-3(9)1-2-4(6,7(10)11)8(12)13/h1-2H2. The molecule has 9 heteroatoms. The summed E-state index contributed by atoms with van der Waals surface area (Å²) in [5, 5.41) is 18.8. The minimum atomic E-state index is -3.83. The molecule has 0 aromatic heterocycles. The summed E-state index contributed by atoms with van der Waals surface area (Å²) in [5.41, 5.74) is 0. The molecule has 0 radical (unpaired) electrons. The molecule has 13 heavy (non-hydrogen) atoms. The zero-order chi connectivity index (χ0) is 10.6. The molecular formula is C4H4ClFN2O5. The number of nitro groups is 2. The Hall–Kier alpha value is -1.31. The molecule has 0 aliphatic carbocycles. The quantitative estimate of drug-likeness (QED) is 0.220. The number of rotatable bonds is 5. The van der Waals surface area contributed by atoms with E-state index in [-0.39, 0.29) is 0 Å². The van der Waals surface area contributed by atoms with Gasteiger partial charge in [0.15, 0.2) is 0 Å². The largest absolute Gasteiger partial charge is 0.614 e. The number of halogens is 2. The highest BCUT2D eigenvalue weighted by Gasteiger charge is 2.57. The van der Waals surface area contributed by atoms with Crippen LogP contribution in [-0.4, -0.2) is 21.0 Å². The molecule has 0 spiro atoms. The van der Waals surface area contributed by atoms with Crippen molar-refractivity contribution in [2.24, 2.45) is 0 Å². The van der Waals surface area contributed by atoms with Crippen LogP contribution in [0.1, 0.15) is 12.8 Å². The molecule has 0 unspecified atom stereocenters. The van der Waals surface area contributed by atoms with E-state index >= 15 is 0 Å². The number of hydrogen-bond donors (Lipinski definition) is 0. The van der Waals surface area contributed by atoms with E-state index in [9.17, 15) is 29.4 Å². The Balaban J connectivity index is 4.52. The summed E-state index contributed by atoms with van der Waals surface area (Å²) in [5.74, 6) is -3.83. The van der Waals surface area contributed by atoms with E-state index in [1.807, 2.05) is 0 Å². The first kappa shape index (κ1) is 11.7. The molecular weight excluding hydrogens is 211 g/mol. The van der Waals surface area contributed by atoms with Crippen LogP contribution in [0.5, 0.6) is 0 Å². The first-order valence-electron chi connectivity index (χ1n) is 2.97. The molecule has 0 saturated heterocycles. The van der Waals surface area contributed by atoms with Crippen molar-refractivity contribution in [3.63, 3.8) is 0 Å². The van der Waals surface area contributed by atoms with Gasteiger partial charge in [-0.1, -0.05) is 4.39 Å². The first-order valence-corrected chi connectivity index (χ1v) is 3.34. The van der Waals surface area contributed by atoms with Crippen LogP contribution in [-0.2, 0) is 4.79 Å². The van der Waals surface area contributed by atoms with Gasteiger partial charge in [0.05, 0.1) is 0 Å². The second kappa shape index (κ2) is 4.08. The first-order chi connectivity index (χ1) is 5.80. The van der Waals surface area contributed by atoms with E-state index in [2.05, 4.69) is 0 Å². The predicted molar refractivity (Wildman–Crippen MR) is 37.9 cm³/mol. The van der Waals surface area contributed by atoms with Crippen molar-refractivity contribution in [1.29, 1.82) is 0 Å². The van der Waals surface area contributed by atoms with Crippen LogP contribution in [0.3, 0.4) is 0 Å². The monoisotopic (exact) mass is 214 g/mol. The second-order valence-electron chi connectivity index (χ2n) is 2.09. The van der Waals surface area contributed by atoms with E-state index in [0.29, 0.717) is 0 Å². The summed E-state index contributed by atoms with van der Waals surface area (Å²) in [4.78, 5) is 26.5. The Kier molecular flexibility index (Phi) is 3.67. The van der Waals surface area contributed by atoms with Crippen LogP contribution >= 0.6 is 11.6 Å². The zero-order valence-electron chi connectivity index (χ0n) is 6.11. The Bertz CT molecular complexity index is 243. The van der Waals surface area contributed by atoms with Crippen molar-refractivity contribution >= 4 is 16.8 Å². The normalized spacial score (nSPS) is 10.9. The molecule has 0 fully saturated rings. The van der Waals surface area contributed by atoms with E-state index in [4.69, 9.17) is 11.6 Å². The molecule has 0 aromatic carbocycles. The average molecular weight is 215 g/mol.